The molecule has 1 fully saturated rings. The number of carbonyl (C=O) groups is 1. The molecule has 2 aromatic rings. The van der Waals surface area contributed by atoms with E-state index in [1.807, 2.05) is 17.0 Å². The van der Waals surface area contributed by atoms with Crippen LogP contribution in [0.25, 0.3) is 0 Å². The van der Waals surface area contributed by atoms with Gasteiger partial charge < -0.3 is 14.7 Å². The van der Waals surface area contributed by atoms with Crippen molar-refractivity contribution in [3.63, 3.8) is 0 Å². The smallest absolute Gasteiger partial charge is 0.231 e. The number of likely N-dealkylation sites (N-methyl/N-ethyl adjacent to an activating group) is 1. The molecule has 1 aromatic heterocycles. The Morgan fingerprint density at radius 2 is 1.84 bits per heavy atom. The second-order valence-electron chi connectivity index (χ2n) is 9.45. The average Bonchev–Trinajstić information content (AvgIpc) is 3.18. The van der Waals surface area contributed by atoms with Gasteiger partial charge >= 0.3 is 0 Å². The molecule has 0 saturated carbocycles. The number of fused-ring (bicyclic) bond motifs is 1. The molecule has 4 rings (SSSR count). The van der Waals surface area contributed by atoms with Gasteiger partial charge in [0.25, 0.3) is 0 Å². The van der Waals surface area contributed by atoms with Gasteiger partial charge in [0, 0.05) is 54.5 Å². The minimum Gasteiger partial charge on any atom is -0.353 e. The zero-order chi connectivity index (χ0) is 22.8. The van der Waals surface area contributed by atoms with E-state index in [0.29, 0.717) is 12.0 Å². The van der Waals surface area contributed by atoms with E-state index in [2.05, 4.69) is 75.6 Å². The van der Waals surface area contributed by atoms with Gasteiger partial charge in [0.05, 0.1) is 5.92 Å². The van der Waals surface area contributed by atoms with Crippen LogP contribution in [0.1, 0.15) is 55.8 Å². The van der Waals surface area contributed by atoms with E-state index in [9.17, 15) is 4.79 Å². The number of piperazine rings is 1. The van der Waals surface area contributed by atoms with Crippen molar-refractivity contribution in [2.24, 2.45) is 0 Å². The first-order valence-electron chi connectivity index (χ1n) is 11.7. The Kier molecular flexibility index (Phi) is 7.15. The molecule has 7 heteroatoms. The van der Waals surface area contributed by atoms with Crippen LogP contribution >= 0.6 is 15.9 Å². The maximum absolute atomic E-state index is 13.7. The van der Waals surface area contributed by atoms with Crippen molar-refractivity contribution in [1.82, 2.24) is 19.8 Å². The monoisotopic (exact) mass is 499 g/mol. The number of rotatable bonds is 6. The van der Waals surface area contributed by atoms with Crippen LogP contribution in [0.3, 0.4) is 0 Å². The molecule has 1 aliphatic heterocycles. The first-order chi connectivity index (χ1) is 15.3. The summed E-state index contributed by atoms with van der Waals surface area (Å²) in [6, 6.07) is 8.59. The number of nitrogens with zero attached hydrogens (tertiary/aromatic N) is 5. The van der Waals surface area contributed by atoms with Gasteiger partial charge in [0.2, 0.25) is 5.91 Å². The second-order valence-corrected chi connectivity index (χ2v) is 10.4. The molecule has 1 aliphatic carbocycles. The summed E-state index contributed by atoms with van der Waals surface area (Å²) in [6.07, 6.45) is 3.90. The summed E-state index contributed by atoms with van der Waals surface area (Å²) >= 11 is 3.51. The molecule has 6 nitrogen and oxygen atoms in total. The van der Waals surface area contributed by atoms with E-state index >= 15 is 0 Å². The van der Waals surface area contributed by atoms with Gasteiger partial charge in [-0.1, -0.05) is 35.0 Å². The number of halogens is 1. The minimum absolute atomic E-state index is 0.162. The number of amides is 1. The van der Waals surface area contributed by atoms with Crippen molar-refractivity contribution in [1.29, 1.82) is 0 Å². The highest BCUT2D eigenvalue weighted by Crippen LogP contribution is 2.37. The summed E-state index contributed by atoms with van der Waals surface area (Å²) in [5.41, 5.74) is 3.60. The van der Waals surface area contributed by atoms with Gasteiger partial charge in [-0.2, -0.15) is 0 Å². The Labute approximate surface area is 200 Å². The Hall–Kier alpha value is -1.99. The highest BCUT2D eigenvalue weighted by Gasteiger charge is 2.32. The second kappa shape index (κ2) is 9.87. The zero-order valence-corrected chi connectivity index (χ0v) is 21.2. The summed E-state index contributed by atoms with van der Waals surface area (Å²) in [5.74, 6) is 1.65. The van der Waals surface area contributed by atoms with Crippen LogP contribution in [0.15, 0.2) is 35.1 Å². The molecular weight excluding hydrogens is 466 g/mol. The highest BCUT2D eigenvalue weighted by atomic mass is 79.9. The lowest BCUT2D eigenvalue weighted by Crippen LogP contribution is -2.51. The molecule has 32 heavy (non-hydrogen) atoms. The molecule has 0 radical (unpaired) electrons. The van der Waals surface area contributed by atoms with E-state index < -0.39 is 0 Å². The maximum atomic E-state index is 13.7. The molecule has 0 unspecified atom stereocenters. The number of hydrogen-bond acceptors (Lipinski definition) is 5. The normalized spacial score (nSPS) is 19.5. The summed E-state index contributed by atoms with van der Waals surface area (Å²) in [7, 11) is 2.10. The number of anilines is 1. The van der Waals surface area contributed by atoms with Crippen molar-refractivity contribution >= 4 is 27.7 Å². The van der Waals surface area contributed by atoms with Crippen molar-refractivity contribution < 1.29 is 4.79 Å². The van der Waals surface area contributed by atoms with E-state index in [-0.39, 0.29) is 11.8 Å². The largest absolute Gasteiger partial charge is 0.353 e. The Balaban J connectivity index is 1.48. The lowest BCUT2D eigenvalue weighted by atomic mass is 9.96. The predicted molar refractivity (Wildman–Crippen MR) is 132 cm³/mol. The summed E-state index contributed by atoms with van der Waals surface area (Å²) in [4.78, 5) is 29.5. The quantitative estimate of drug-likeness (QED) is 0.599. The van der Waals surface area contributed by atoms with Crippen molar-refractivity contribution in [2.45, 2.75) is 51.5 Å². The predicted octanol–water partition coefficient (Wildman–Crippen LogP) is 4.06. The number of aryl methyl sites for hydroxylation is 1. The topological polar surface area (TPSA) is 52.6 Å². The Morgan fingerprint density at radius 1 is 1.16 bits per heavy atom. The van der Waals surface area contributed by atoms with E-state index in [1.54, 1.807) is 6.33 Å². The van der Waals surface area contributed by atoms with Crippen LogP contribution in [0.4, 0.5) is 5.82 Å². The molecule has 1 saturated heterocycles. The number of carbonyl (C=O) groups excluding carboxylic acids is 1. The van der Waals surface area contributed by atoms with Crippen molar-refractivity contribution in [3.8, 4) is 0 Å². The van der Waals surface area contributed by atoms with Gasteiger partial charge in [-0.15, -0.1) is 0 Å². The first kappa shape index (κ1) is 23.2. The third kappa shape index (κ3) is 4.84. The highest BCUT2D eigenvalue weighted by molar-refractivity contribution is 9.10. The molecular formula is C25H34BrN5O. The summed E-state index contributed by atoms with van der Waals surface area (Å²) < 4.78 is 1.03. The zero-order valence-electron chi connectivity index (χ0n) is 19.6. The standard InChI is InChI=1S/C25H34BrN5O/c1-17(2)29(4)15-21(19-6-8-20(26)9-7-19)25(32)31-13-11-30(12-14-31)24-23-18(3)5-10-22(23)27-16-28-24/h6-9,16-18,21H,5,10-15H2,1-4H3/t18-,21-/m1/s1. The average molecular weight is 500 g/mol. The van der Waals surface area contributed by atoms with E-state index in [0.717, 1.165) is 61.4 Å². The number of aromatic nitrogens is 2. The molecule has 0 spiro atoms. The van der Waals surface area contributed by atoms with Crippen LogP contribution in [-0.2, 0) is 11.2 Å². The molecule has 1 aromatic carbocycles. The summed E-state index contributed by atoms with van der Waals surface area (Å²) in [6.45, 7) is 10.4. The molecule has 0 N–H and O–H groups in total. The van der Waals surface area contributed by atoms with Gasteiger partial charge in [-0.05, 0) is 57.4 Å². The molecule has 2 aliphatic rings. The molecule has 0 bridgehead atoms. The van der Waals surface area contributed by atoms with Crippen molar-refractivity contribution in [3.05, 3.63) is 51.9 Å². The molecule has 2 atom stereocenters. The lowest BCUT2D eigenvalue weighted by Gasteiger charge is -2.38. The molecule has 172 valence electrons. The SMILES string of the molecule is CC(C)N(C)C[C@@H](C(=O)N1CCN(c2ncnc3c2[C@H](C)CC3)CC1)c1ccc(Br)cc1. The summed E-state index contributed by atoms with van der Waals surface area (Å²) in [5, 5.41) is 0. The van der Waals surface area contributed by atoms with Gasteiger partial charge in [-0.3, -0.25) is 4.79 Å². The van der Waals surface area contributed by atoms with Crippen LogP contribution in [0, 0.1) is 0 Å². The molecule has 1 amide bonds. The van der Waals surface area contributed by atoms with E-state index in [4.69, 9.17) is 0 Å². The number of hydrogen-bond donors (Lipinski definition) is 0. The molecule has 2 heterocycles. The minimum atomic E-state index is -0.162. The fourth-order valence-corrected chi connectivity index (χ4v) is 5.02. The van der Waals surface area contributed by atoms with Gasteiger partial charge in [-0.25, -0.2) is 9.97 Å². The van der Waals surface area contributed by atoms with Crippen molar-refractivity contribution in [2.75, 3.05) is 44.7 Å². The van der Waals surface area contributed by atoms with Gasteiger partial charge in [0.1, 0.15) is 12.1 Å². The first-order valence-corrected chi connectivity index (χ1v) is 12.5. The fourth-order valence-electron chi connectivity index (χ4n) is 4.75. The number of benzene rings is 1. The van der Waals surface area contributed by atoms with Crippen LogP contribution in [-0.4, -0.2) is 71.5 Å². The fraction of sp³-hybridized carbons (Fsp3) is 0.560. The Morgan fingerprint density at radius 3 is 2.50 bits per heavy atom. The van der Waals surface area contributed by atoms with Crippen LogP contribution in [0.2, 0.25) is 0 Å². The third-order valence-electron chi connectivity index (χ3n) is 7.07. The maximum Gasteiger partial charge on any atom is 0.231 e. The Bertz CT molecular complexity index is 940. The third-order valence-corrected chi connectivity index (χ3v) is 7.59. The lowest BCUT2D eigenvalue weighted by molar-refractivity contribution is -0.133. The van der Waals surface area contributed by atoms with E-state index in [1.165, 1.54) is 11.3 Å². The van der Waals surface area contributed by atoms with Gasteiger partial charge in [0.15, 0.2) is 0 Å². The van der Waals surface area contributed by atoms with Crippen LogP contribution < -0.4 is 4.90 Å². The van der Waals surface area contributed by atoms with Crippen LogP contribution in [0.5, 0.6) is 0 Å².